The molecular formula is C34H31FN2O3. The van der Waals surface area contributed by atoms with Crippen molar-refractivity contribution in [1.29, 1.82) is 0 Å². The molecule has 0 aliphatic heterocycles. The first-order chi connectivity index (χ1) is 19.5. The van der Waals surface area contributed by atoms with Gasteiger partial charge in [0, 0.05) is 29.2 Å². The Kier molecular flexibility index (Phi) is 7.08. The Hall–Kier alpha value is -4.45. The lowest BCUT2D eigenvalue weighted by Crippen LogP contribution is -2.45. The molecule has 0 spiro atoms. The lowest BCUT2D eigenvalue weighted by atomic mass is 9.89. The minimum absolute atomic E-state index is 0.0640. The van der Waals surface area contributed by atoms with Crippen molar-refractivity contribution in [3.63, 3.8) is 0 Å². The molecule has 4 aromatic carbocycles. The van der Waals surface area contributed by atoms with Gasteiger partial charge in [-0.2, -0.15) is 0 Å². The summed E-state index contributed by atoms with van der Waals surface area (Å²) in [5.74, 6) is -1.21. The Bertz CT molecular complexity index is 1700. The van der Waals surface area contributed by atoms with E-state index in [9.17, 15) is 19.1 Å². The molecule has 0 fully saturated rings. The first kappa shape index (κ1) is 25.8. The van der Waals surface area contributed by atoms with E-state index in [1.165, 1.54) is 17.7 Å². The topological polar surface area (TPSA) is 62.5 Å². The van der Waals surface area contributed by atoms with Crippen LogP contribution in [0.25, 0.3) is 21.7 Å². The number of carbonyl (C=O) groups is 2. The standard InChI is InChI=1S/C34H31FN2O3/c35-26-13-15-31-29(20-26)30-21-27(14-16-32(30)37(31)22-34(39)40)36(18-17-23-7-2-1-3-8-23)33(38)19-25-11-6-10-24-9-4-5-12-28(24)25/h1-13,15,20,27H,14,16-19,21-22H2,(H,39,40)/t27-/m0/s1. The van der Waals surface area contributed by atoms with Gasteiger partial charge in [0.25, 0.3) is 0 Å². The van der Waals surface area contributed by atoms with E-state index < -0.39 is 5.97 Å². The summed E-state index contributed by atoms with van der Waals surface area (Å²) in [4.78, 5) is 27.7. The van der Waals surface area contributed by atoms with Gasteiger partial charge in [-0.25, -0.2) is 4.39 Å². The molecule has 40 heavy (non-hydrogen) atoms. The fourth-order valence-electron chi connectivity index (χ4n) is 6.30. The average Bonchev–Trinajstić information content (AvgIpc) is 3.25. The number of benzene rings is 4. The normalized spacial score (nSPS) is 14.8. The van der Waals surface area contributed by atoms with Crippen LogP contribution in [0.1, 0.15) is 28.8 Å². The third-order valence-electron chi connectivity index (χ3n) is 8.16. The minimum atomic E-state index is -0.930. The van der Waals surface area contributed by atoms with E-state index in [4.69, 9.17) is 0 Å². The van der Waals surface area contributed by atoms with E-state index in [1.807, 2.05) is 47.4 Å². The molecule has 5 aromatic rings. The predicted octanol–water partition coefficient (Wildman–Crippen LogP) is 6.19. The summed E-state index contributed by atoms with van der Waals surface area (Å²) in [6.45, 7) is 0.412. The quantitative estimate of drug-likeness (QED) is 0.258. The van der Waals surface area contributed by atoms with Crippen molar-refractivity contribution < 1.29 is 19.1 Å². The van der Waals surface area contributed by atoms with Gasteiger partial charge in [0.2, 0.25) is 5.91 Å². The molecular weight excluding hydrogens is 503 g/mol. The fourth-order valence-corrected chi connectivity index (χ4v) is 6.30. The van der Waals surface area contributed by atoms with Gasteiger partial charge in [-0.15, -0.1) is 0 Å². The number of carbonyl (C=O) groups excluding carboxylic acids is 1. The second-order valence-electron chi connectivity index (χ2n) is 10.6. The molecule has 0 bridgehead atoms. The Balaban J connectivity index is 1.34. The molecule has 0 unspecified atom stereocenters. The summed E-state index contributed by atoms with van der Waals surface area (Å²) < 4.78 is 16.2. The molecule has 1 aliphatic carbocycles. The van der Waals surface area contributed by atoms with Gasteiger partial charge in [-0.05, 0) is 71.3 Å². The number of carboxylic acids is 1. The molecule has 0 saturated heterocycles. The fraction of sp³-hybridized carbons (Fsp3) is 0.235. The number of halogens is 1. The number of hydrogen-bond donors (Lipinski definition) is 1. The molecule has 6 rings (SSSR count). The summed E-state index contributed by atoms with van der Waals surface area (Å²) in [5.41, 5.74) is 4.79. The molecule has 202 valence electrons. The summed E-state index contributed by atoms with van der Waals surface area (Å²) in [6.07, 6.45) is 2.96. The number of aliphatic carboxylic acids is 1. The third kappa shape index (κ3) is 5.09. The number of amides is 1. The smallest absolute Gasteiger partial charge is 0.323 e. The molecule has 5 nitrogen and oxygen atoms in total. The van der Waals surface area contributed by atoms with E-state index in [2.05, 4.69) is 30.3 Å². The lowest BCUT2D eigenvalue weighted by Gasteiger charge is -2.35. The largest absolute Gasteiger partial charge is 0.480 e. The zero-order valence-corrected chi connectivity index (χ0v) is 22.2. The molecule has 1 atom stereocenters. The van der Waals surface area contributed by atoms with Crippen molar-refractivity contribution in [1.82, 2.24) is 9.47 Å². The maximum atomic E-state index is 14.4. The van der Waals surface area contributed by atoms with Crippen LogP contribution < -0.4 is 0 Å². The molecule has 1 aliphatic rings. The van der Waals surface area contributed by atoms with Gasteiger partial charge in [0.05, 0.1) is 6.42 Å². The van der Waals surface area contributed by atoms with Crippen LogP contribution in [0.5, 0.6) is 0 Å². The maximum absolute atomic E-state index is 14.4. The Morgan fingerprint density at radius 2 is 1.70 bits per heavy atom. The lowest BCUT2D eigenvalue weighted by molar-refractivity contribution is -0.137. The third-order valence-corrected chi connectivity index (χ3v) is 8.16. The zero-order chi connectivity index (χ0) is 27.6. The number of nitrogens with zero attached hydrogens (tertiary/aromatic N) is 2. The predicted molar refractivity (Wildman–Crippen MR) is 155 cm³/mol. The van der Waals surface area contributed by atoms with E-state index in [-0.39, 0.29) is 24.3 Å². The number of hydrogen-bond acceptors (Lipinski definition) is 2. The van der Waals surface area contributed by atoms with Crippen molar-refractivity contribution in [3.05, 3.63) is 119 Å². The van der Waals surface area contributed by atoms with Crippen molar-refractivity contribution in [2.45, 2.75) is 44.7 Å². The van der Waals surface area contributed by atoms with Crippen molar-refractivity contribution in [2.24, 2.45) is 0 Å². The van der Waals surface area contributed by atoms with Crippen LogP contribution in [0.2, 0.25) is 0 Å². The molecule has 1 aromatic heterocycles. The summed E-state index contributed by atoms with van der Waals surface area (Å²) >= 11 is 0. The van der Waals surface area contributed by atoms with Gasteiger partial charge >= 0.3 is 5.97 Å². The highest BCUT2D eigenvalue weighted by molar-refractivity contribution is 5.91. The van der Waals surface area contributed by atoms with Crippen LogP contribution in [0.4, 0.5) is 4.39 Å². The molecule has 0 radical (unpaired) electrons. The van der Waals surface area contributed by atoms with Crippen molar-refractivity contribution in [2.75, 3.05) is 6.54 Å². The summed E-state index contributed by atoms with van der Waals surface area (Å²) in [7, 11) is 0. The Labute approximate surface area is 232 Å². The van der Waals surface area contributed by atoms with Crippen molar-refractivity contribution in [3.8, 4) is 0 Å². The van der Waals surface area contributed by atoms with Crippen LogP contribution in [0.15, 0.2) is 91.0 Å². The van der Waals surface area contributed by atoms with Crippen LogP contribution in [-0.4, -0.2) is 39.0 Å². The van der Waals surface area contributed by atoms with Gasteiger partial charge in [0.1, 0.15) is 12.4 Å². The zero-order valence-electron chi connectivity index (χ0n) is 22.2. The number of carboxylic acid groups (broad SMARTS) is 1. The van der Waals surface area contributed by atoms with Crippen LogP contribution in [0, 0.1) is 5.82 Å². The van der Waals surface area contributed by atoms with Gasteiger partial charge < -0.3 is 14.6 Å². The number of rotatable bonds is 8. The minimum Gasteiger partial charge on any atom is -0.480 e. The molecule has 1 heterocycles. The van der Waals surface area contributed by atoms with Crippen molar-refractivity contribution >= 4 is 33.6 Å². The van der Waals surface area contributed by atoms with E-state index in [0.29, 0.717) is 25.8 Å². The summed E-state index contributed by atoms with van der Waals surface area (Å²) in [6, 6.07) is 28.9. The van der Waals surface area contributed by atoms with Crippen LogP contribution >= 0.6 is 0 Å². The Morgan fingerprint density at radius 1 is 0.925 bits per heavy atom. The maximum Gasteiger partial charge on any atom is 0.323 e. The molecule has 1 N–H and O–H groups in total. The molecule has 0 saturated carbocycles. The second kappa shape index (κ2) is 11.0. The highest BCUT2D eigenvalue weighted by atomic mass is 19.1. The van der Waals surface area contributed by atoms with E-state index in [1.54, 1.807) is 10.6 Å². The first-order valence-electron chi connectivity index (χ1n) is 13.8. The van der Waals surface area contributed by atoms with E-state index >= 15 is 0 Å². The van der Waals surface area contributed by atoms with Gasteiger partial charge in [-0.3, -0.25) is 9.59 Å². The first-order valence-corrected chi connectivity index (χ1v) is 13.8. The number of fused-ring (bicyclic) bond motifs is 4. The van der Waals surface area contributed by atoms with E-state index in [0.717, 1.165) is 51.3 Å². The van der Waals surface area contributed by atoms with Gasteiger partial charge in [-0.1, -0.05) is 72.8 Å². The van der Waals surface area contributed by atoms with Gasteiger partial charge in [0.15, 0.2) is 0 Å². The second-order valence-corrected chi connectivity index (χ2v) is 10.6. The van der Waals surface area contributed by atoms with Crippen LogP contribution in [0.3, 0.4) is 0 Å². The highest BCUT2D eigenvalue weighted by Gasteiger charge is 2.32. The Morgan fingerprint density at radius 3 is 2.52 bits per heavy atom. The number of aromatic nitrogens is 1. The monoisotopic (exact) mass is 534 g/mol. The average molecular weight is 535 g/mol. The highest BCUT2D eigenvalue weighted by Crippen LogP contribution is 2.35. The molecule has 1 amide bonds. The summed E-state index contributed by atoms with van der Waals surface area (Å²) in [5, 5.41) is 12.5. The SMILES string of the molecule is O=C(O)Cn1c2c(c3cc(F)ccc31)C[C@@H](N(CCc1ccccc1)C(=O)Cc1cccc3ccccc13)CC2. The van der Waals surface area contributed by atoms with Crippen LogP contribution in [-0.2, 0) is 41.8 Å². The molecule has 6 heteroatoms.